The maximum absolute atomic E-state index is 12.9. The molecular formula is C10H17Cl2FN2S. The van der Waals surface area contributed by atoms with Gasteiger partial charge < -0.3 is 5.32 Å². The van der Waals surface area contributed by atoms with Crippen LogP contribution in [-0.4, -0.2) is 37.8 Å². The molecule has 16 heavy (non-hydrogen) atoms. The molecule has 1 saturated heterocycles. The van der Waals surface area contributed by atoms with E-state index in [-0.39, 0.29) is 37.5 Å². The summed E-state index contributed by atoms with van der Waals surface area (Å²) < 4.78 is 12.9. The van der Waals surface area contributed by atoms with Crippen molar-refractivity contribution in [1.82, 2.24) is 10.2 Å². The number of nitrogens with one attached hydrogen (secondary N) is 1. The molecule has 2 nitrogen and oxygen atoms in total. The Hall–Kier alpha value is 0.130. The standard InChI is InChI=1S/C10H15FN2S.2ClH/c11-7-10(9-1-6-14-8-9)13-4-2-12-3-5-13;;/h1,6,8,10,12H,2-5,7H2;2*1H/t10-;;/m0../s1. The molecule has 0 aromatic carbocycles. The van der Waals surface area contributed by atoms with E-state index < -0.39 is 0 Å². The molecule has 1 fully saturated rings. The van der Waals surface area contributed by atoms with Crippen LogP contribution >= 0.6 is 36.2 Å². The number of hydrogen-bond acceptors (Lipinski definition) is 3. The highest BCUT2D eigenvalue weighted by Gasteiger charge is 2.21. The molecule has 0 saturated carbocycles. The molecule has 0 radical (unpaired) electrons. The van der Waals surface area contributed by atoms with E-state index in [1.807, 2.05) is 16.8 Å². The molecule has 0 spiro atoms. The van der Waals surface area contributed by atoms with Crippen molar-refractivity contribution in [3.8, 4) is 0 Å². The Morgan fingerprint density at radius 2 is 2.06 bits per heavy atom. The van der Waals surface area contributed by atoms with Crippen LogP contribution in [0.25, 0.3) is 0 Å². The summed E-state index contributed by atoms with van der Waals surface area (Å²) in [6, 6.07) is 2.00. The second kappa shape index (κ2) is 8.25. The Balaban J connectivity index is 0.00000112. The van der Waals surface area contributed by atoms with Crippen molar-refractivity contribution in [1.29, 1.82) is 0 Å². The fourth-order valence-corrected chi connectivity index (χ4v) is 2.56. The highest BCUT2D eigenvalue weighted by molar-refractivity contribution is 7.07. The maximum Gasteiger partial charge on any atom is 0.109 e. The van der Waals surface area contributed by atoms with Gasteiger partial charge in [-0.1, -0.05) is 0 Å². The van der Waals surface area contributed by atoms with Gasteiger partial charge in [0.15, 0.2) is 0 Å². The molecule has 1 atom stereocenters. The Morgan fingerprint density at radius 1 is 1.38 bits per heavy atom. The van der Waals surface area contributed by atoms with Crippen LogP contribution in [0.5, 0.6) is 0 Å². The fourth-order valence-electron chi connectivity index (χ4n) is 1.86. The predicted molar refractivity (Wildman–Crippen MR) is 72.0 cm³/mol. The van der Waals surface area contributed by atoms with Gasteiger partial charge in [-0.05, 0) is 22.4 Å². The summed E-state index contributed by atoms with van der Waals surface area (Å²) >= 11 is 1.64. The number of nitrogens with zero attached hydrogens (tertiary/aromatic N) is 1. The van der Waals surface area contributed by atoms with Gasteiger partial charge in [0.25, 0.3) is 0 Å². The number of rotatable bonds is 3. The highest BCUT2D eigenvalue weighted by atomic mass is 35.5. The lowest BCUT2D eigenvalue weighted by Crippen LogP contribution is -2.45. The quantitative estimate of drug-likeness (QED) is 0.919. The van der Waals surface area contributed by atoms with Crippen LogP contribution in [0.2, 0.25) is 0 Å². The first-order chi connectivity index (χ1) is 6.92. The molecule has 1 N–H and O–H groups in total. The van der Waals surface area contributed by atoms with E-state index in [1.165, 1.54) is 0 Å². The van der Waals surface area contributed by atoms with Crippen LogP contribution in [0.15, 0.2) is 16.8 Å². The molecule has 1 aliphatic heterocycles. The Bertz CT molecular complexity index is 266. The molecule has 6 heteroatoms. The number of hydrogen-bond donors (Lipinski definition) is 1. The molecule has 0 unspecified atom stereocenters. The maximum atomic E-state index is 12.9. The van der Waals surface area contributed by atoms with Crippen LogP contribution < -0.4 is 5.32 Å². The zero-order valence-electron chi connectivity index (χ0n) is 8.89. The van der Waals surface area contributed by atoms with Gasteiger partial charge in [0.1, 0.15) is 6.67 Å². The largest absolute Gasteiger partial charge is 0.314 e. The summed E-state index contributed by atoms with van der Waals surface area (Å²) in [7, 11) is 0. The second-order valence-electron chi connectivity index (χ2n) is 3.51. The number of alkyl halides is 1. The molecule has 0 bridgehead atoms. The Kier molecular flexibility index (Phi) is 8.32. The summed E-state index contributed by atoms with van der Waals surface area (Å²) in [5.74, 6) is 0. The lowest BCUT2D eigenvalue weighted by atomic mass is 10.1. The van der Waals surface area contributed by atoms with Gasteiger partial charge in [-0.15, -0.1) is 24.8 Å². The summed E-state index contributed by atoms with van der Waals surface area (Å²) in [6.07, 6.45) is 0. The summed E-state index contributed by atoms with van der Waals surface area (Å²) in [5.41, 5.74) is 1.12. The SMILES string of the molecule is Cl.Cl.FC[C@@H](c1ccsc1)N1CCNCC1. The van der Waals surface area contributed by atoms with Crippen LogP contribution in [-0.2, 0) is 0 Å². The number of thiophene rings is 1. The predicted octanol–water partition coefficient (Wildman–Crippen LogP) is 2.51. The van der Waals surface area contributed by atoms with Gasteiger partial charge >= 0.3 is 0 Å². The van der Waals surface area contributed by atoms with Gasteiger partial charge in [-0.2, -0.15) is 11.3 Å². The zero-order chi connectivity index (χ0) is 9.80. The lowest BCUT2D eigenvalue weighted by Gasteiger charge is -2.33. The molecule has 1 aliphatic rings. The smallest absolute Gasteiger partial charge is 0.109 e. The van der Waals surface area contributed by atoms with E-state index in [0.717, 1.165) is 31.7 Å². The molecule has 0 amide bonds. The second-order valence-corrected chi connectivity index (χ2v) is 4.29. The normalized spacial score (nSPS) is 18.3. The monoisotopic (exact) mass is 286 g/mol. The molecule has 2 heterocycles. The minimum Gasteiger partial charge on any atom is -0.314 e. The molecule has 0 aliphatic carbocycles. The van der Waals surface area contributed by atoms with Gasteiger partial charge in [-0.3, -0.25) is 4.90 Å². The summed E-state index contributed by atoms with van der Waals surface area (Å²) in [6.45, 7) is 3.56. The van der Waals surface area contributed by atoms with Gasteiger partial charge in [0.05, 0.1) is 6.04 Å². The Labute approximate surface area is 112 Å². The van der Waals surface area contributed by atoms with Gasteiger partial charge in [-0.25, -0.2) is 4.39 Å². The number of halogens is 3. The molecule has 94 valence electrons. The van der Waals surface area contributed by atoms with E-state index in [2.05, 4.69) is 10.2 Å². The Morgan fingerprint density at radius 3 is 2.56 bits per heavy atom. The molecular weight excluding hydrogens is 270 g/mol. The van der Waals surface area contributed by atoms with Crippen molar-refractivity contribution in [3.05, 3.63) is 22.4 Å². The topological polar surface area (TPSA) is 15.3 Å². The summed E-state index contributed by atoms with van der Waals surface area (Å²) in [4.78, 5) is 2.22. The van der Waals surface area contributed by atoms with Gasteiger partial charge in [0.2, 0.25) is 0 Å². The lowest BCUT2D eigenvalue weighted by molar-refractivity contribution is 0.148. The molecule has 2 rings (SSSR count). The van der Waals surface area contributed by atoms with Crippen molar-refractivity contribution in [3.63, 3.8) is 0 Å². The minimum absolute atomic E-state index is 0. The minimum atomic E-state index is -0.281. The zero-order valence-corrected chi connectivity index (χ0v) is 11.3. The third kappa shape index (κ3) is 3.86. The van der Waals surface area contributed by atoms with E-state index in [0.29, 0.717) is 0 Å². The van der Waals surface area contributed by atoms with E-state index >= 15 is 0 Å². The van der Waals surface area contributed by atoms with Crippen molar-refractivity contribution < 1.29 is 4.39 Å². The third-order valence-corrected chi connectivity index (χ3v) is 3.37. The van der Waals surface area contributed by atoms with Crippen LogP contribution in [0, 0.1) is 0 Å². The van der Waals surface area contributed by atoms with E-state index in [9.17, 15) is 4.39 Å². The van der Waals surface area contributed by atoms with Crippen molar-refractivity contribution in [2.75, 3.05) is 32.9 Å². The first-order valence-corrected chi connectivity index (χ1v) is 5.89. The first-order valence-electron chi connectivity index (χ1n) is 4.94. The fraction of sp³-hybridized carbons (Fsp3) is 0.600. The van der Waals surface area contributed by atoms with Crippen molar-refractivity contribution in [2.45, 2.75) is 6.04 Å². The van der Waals surface area contributed by atoms with Gasteiger partial charge in [0, 0.05) is 26.2 Å². The van der Waals surface area contributed by atoms with E-state index in [4.69, 9.17) is 0 Å². The van der Waals surface area contributed by atoms with Crippen LogP contribution in [0.1, 0.15) is 11.6 Å². The van der Waals surface area contributed by atoms with Crippen molar-refractivity contribution >= 4 is 36.2 Å². The number of piperazine rings is 1. The van der Waals surface area contributed by atoms with Crippen molar-refractivity contribution in [2.24, 2.45) is 0 Å². The molecule has 1 aromatic heterocycles. The average Bonchev–Trinajstić information content (AvgIpc) is 2.74. The molecule has 1 aromatic rings. The summed E-state index contributed by atoms with van der Waals surface area (Å²) in [5, 5.41) is 7.34. The van der Waals surface area contributed by atoms with Crippen LogP contribution in [0.3, 0.4) is 0 Å². The van der Waals surface area contributed by atoms with Crippen LogP contribution in [0.4, 0.5) is 4.39 Å². The average molecular weight is 287 g/mol. The third-order valence-electron chi connectivity index (χ3n) is 2.67. The first kappa shape index (κ1) is 16.1. The van der Waals surface area contributed by atoms with E-state index in [1.54, 1.807) is 11.3 Å². The highest BCUT2D eigenvalue weighted by Crippen LogP contribution is 2.23.